The first-order chi connectivity index (χ1) is 2.64. The van der Waals surface area contributed by atoms with Crippen LogP contribution in [0.1, 0.15) is 0 Å². The maximum atomic E-state index is 9.85. The van der Waals surface area contributed by atoms with Crippen LogP contribution in [-0.4, -0.2) is 25.0 Å². The van der Waals surface area contributed by atoms with Crippen LogP contribution in [0.5, 0.6) is 0 Å². The molecule has 4 heteroatoms. The first-order valence-corrected chi connectivity index (χ1v) is 1.61. The Balaban J connectivity index is 0. The lowest BCUT2D eigenvalue weighted by Crippen LogP contribution is -2.27. The summed E-state index contributed by atoms with van der Waals surface area (Å²) in [5.41, 5.74) is 4.72. The third-order valence-corrected chi connectivity index (χ3v) is 0.441. The van der Waals surface area contributed by atoms with Crippen molar-refractivity contribution in [3.8, 4) is 0 Å². The van der Waals surface area contributed by atoms with Gasteiger partial charge in [-0.25, -0.2) is 4.79 Å². The molecule has 0 aromatic carbocycles. The Labute approximate surface area is 41.5 Å². The van der Waals surface area contributed by atoms with Crippen LogP contribution in [0.15, 0.2) is 0 Å². The third kappa shape index (κ3) is 5.20. The van der Waals surface area contributed by atoms with Crippen molar-refractivity contribution < 1.29 is 9.50 Å². The van der Waals surface area contributed by atoms with E-state index in [1.54, 1.807) is 14.1 Å². The second kappa shape index (κ2) is 3.39. The molecule has 0 aliphatic rings. The number of rotatable bonds is 0. The van der Waals surface area contributed by atoms with Gasteiger partial charge >= 0.3 is 6.03 Å². The number of carbonyl (C=O) groups is 1. The molecular weight excluding hydrogens is 99.0 g/mol. The molecule has 0 heterocycles. The molecular formula is C3H9FN2O. The summed E-state index contributed by atoms with van der Waals surface area (Å²) in [4.78, 5) is 11.2. The zero-order valence-corrected chi connectivity index (χ0v) is 4.34. The van der Waals surface area contributed by atoms with Crippen molar-refractivity contribution in [3.63, 3.8) is 0 Å². The fourth-order valence-electron chi connectivity index (χ4n) is 0. The predicted molar refractivity (Wildman–Crippen MR) is 25.8 cm³/mol. The van der Waals surface area contributed by atoms with Crippen molar-refractivity contribution in [1.82, 2.24) is 4.90 Å². The average Bonchev–Trinajstić information content (AvgIpc) is 1.36. The summed E-state index contributed by atoms with van der Waals surface area (Å²) in [6.45, 7) is 0. The summed E-state index contributed by atoms with van der Waals surface area (Å²) in [6, 6.07) is -0.407. The number of nitrogens with zero attached hydrogens (tertiary/aromatic N) is 1. The molecule has 0 aromatic rings. The Morgan fingerprint density at radius 3 is 1.71 bits per heavy atom. The van der Waals surface area contributed by atoms with E-state index in [0.29, 0.717) is 0 Å². The summed E-state index contributed by atoms with van der Waals surface area (Å²) < 4.78 is 0. The van der Waals surface area contributed by atoms with E-state index in [-0.39, 0.29) is 4.70 Å². The Kier molecular flexibility index (Phi) is 4.61. The van der Waals surface area contributed by atoms with Crippen molar-refractivity contribution in [1.29, 1.82) is 0 Å². The molecule has 0 radical (unpaired) electrons. The van der Waals surface area contributed by atoms with E-state index in [0.717, 1.165) is 0 Å². The number of hydrogen-bond donors (Lipinski definition) is 1. The largest absolute Gasteiger partial charge is 0.352 e. The average molecular weight is 108 g/mol. The minimum atomic E-state index is -0.407. The standard InChI is InChI=1S/C3H8N2O.FH/c1-5(2)3(4)6;/h1-2H3,(H2,4,6);1H. The highest BCUT2D eigenvalue weighted by Crippen LogP contribution is 1.65. The number of hydrogen-bond acceptors (Lipinski definition) is 1. The molecule has 0 bridgehead atoms. The lowest BCUT2D eigenvalue weighted by molar-refractivity contribution is 0.227. The summed E-state index contributed by atoms with van der Waals surface area (Å²) >= 11 is 0. The molecule has 0 saturated carbocycles. The molecule has 44 valence electrons. The molecule has 0 saturated heterocycles. The Hall–Kier alpha value is -0.800. The zero-order chi connectivity index (χ0) is 5.15. The molecule has 2 N–H and O–H groups in total. The number of nitrogens with two attached hydrogens (primary N) is 1. The van der Waals surface area contributed by atoms with Gasteiger partial charge in [-0.3, -0.25) is 4.70 Å². The smallest absolute Gasteiger partial charge is 0.314 e. The summed E-state index contributed by atoms with van der Waals surface area (Å²) in [5.74, 6) is 0. The van der Waals surface area contributed by atoms with Crippen LogP contribution in [0.3, 0.4) is 0 Å². The minimum Gasteiger partial charge on any atom is -0.352 e. The molecule has 0 atom stereocenters. The SMILES string of the molecule is CN(C)C(N)=O.F. The molecule has 0 aliphatic carbocycles. The maximum absolute atomic E-state index is 9.85. The minimum absolute atomic E-state index is 0. The van der Waals surface area contributed by atoms with Gasteiger partial charge in [-0.05, 0) is 0 Å². The highest BCUT2D eigenvalue weighted by atomic mass is 19.0. The van der Waals surface area contributed by atoms with Gasteiger partial charge in [0.15, 0.2) is 0 Å². The van der Waals surface area contributed by atoms with Gasteiger partial charge in [0.1, 0.15) is 0 Å². The first-order valence-electron chi connectivity index (χ1n) is 1.61. The topological polar surface area (TPSA) is 46.3 Å². The Bertz CT molecular complexity index is 64.0. The van der Waals surface area contributed by atoms with E-state index in [9.17, 15) is 4.79 Å². The van der Waals surface area contributed by atoms with Crippen LogP contribution in [0.4, 0.5) is 9.50 Å². The molecule has 0 unspecified atom stereocenters. The Morgan fingerprint density at radius 2 is 1.71 bits per heavy atom. The summed E-state index contributed by atoms with van der Waals surface area (Å²) in [7, 11) is 3.20. The lowest BCUT2D eigenvalue weighted by atomic mass is 10.9. The molecule has 0 rings (SSSR count). The van der Waals surface area contributed by atoms with Crippen LogP contribution in [0.2, 0.25) is 0 Å². The van der Waals surface area contributed by atoms with Crippen LogP contribution < -0.4 is 5.73 Å². The lowest BCUT2D eigenvalue weighted by Gasteiger charge is -2.01. The number of carbonyl (C=O) groups excluding carboxylic acids is 1. The molecule has 0 fully saturated rings. The number of amides is 2. The van der Waals surface area contributed by atoms with Gasteiger partial charge in [-0.2, -0.15) is 0 Å². The third-order valence-electron chi connectivity index (χ3n) is 0.441. The van der Waals surface area contributed by atoms with Gasteiger partial charge in [0, 0.05) is 14.1 Å². The highest BCUT2D eigenvalue weighted by Gasteiger charge is 1.88. The fourth-order valence-corrected chi connectivity index (χ4v) is 0. The quantitative estimate of drug-likeness (QED) is 0.458. The number of primary amides is 1. The van der Waals surface area contributed by atoms with E-state index >= 15 is 0 Å². The van der Waals surface area contributed by atoms with E-state index in [2.05, 4.69) is 0 Å². The van der Waals surface area contributed by atoms with Crippen LogP contribution in [0.25, 0.3) is 0 Å². The van der Waals surface area contributed by atoms with Gasteiger partial charge in [0.25, 0.3) is 0 Å². The predicted octanol–water partition coefficient (Wildman–Crippen LogP) is -0.221. The second-order valence-corrected chi connectivity index (χ2v) is 1.23. The van der Waals surface area contributed by atoms with Gasteiger partial charge < -0.3 is 10.6 Å². The molecule has 0 aromatic heterocycles. The summed E-state index contributed by atoms with van der Waals surface area (Å²) in [5, 5.41) is 0. The van der Waals surface area contributed by atoms with E-state index in [1.165, 1.54) is 4.90 Å². The molecule has 3 nitrogen and oxygen atoms in total. The molecule has 0 spiro atoms. The van der Waals surface area contributed by atoms with Gasteiger partial charge in [0.05, 0.1) is 0 Å². The molecule has 7 heavy (non-hydrogen) atoms. The van der Waals surface area contributed by atoms with Crippen molar-refractivity contribution >= 4 is 6.03 Å². The normalized spacial score (nSPS) is 6.57. The van der Waals surface area contributed by atoms with Crippen LogP contribution in [0, 0.1) is 0 Å². The van der Waals surface area contributed by atoms with E-state index < -0.39 is 6.03 Å². The van der Waals surface area contributed by atoms with Crippen LogP contribution in [-0.2, 0) is 0 Å². The number of halogens is 1. The Morgan fingerprint density at radius 1 is 1.57 bits per heavy atom. The van der Waals surface area contributed by atoms with Crippen molar-refractivity contribution in [3.05, 3.63) is 0 Å². The van der Waals surface area contributed by atoms with Crippen molar-refractivity contribution in [2.45, 2.75) is 0 Å². The monoisotopic (exact) mass is 108 g/mol. The molecule has 2 amide bonds. The van der Waals surface area contributed by atoms with Gasteiger partial charge in [-0.15, -0.1) is 0 Å². The maximum Gasteiger partial charge on any atom is 0.314 e. The van der Waals surface area contributed by atoms with E-state index in [4.69, 9.17) is 5.73 Å². The number of urea groups is 1. The van der Waals surface area contributed by atoms with Crippen molar-refractivity contribution in [2.24, 2.45) is 5.73 Å². The molecule has 0 aliphatic heterocycles. The van der Waals surface area contributed by atoms with E-state index in [1.807, 2.05) is 0 Å². The summed E-state index contributed by atoms with van der Waals surface area (Å²) in [6.07, 6.45) is 0. The fraction of sp³-hybridized carbons (Fsp3) is 0.667. The van der Waals surface area contributed by atoms with Crippen molar-refractivity contribution in [2.75, 3.05) is 14.1 Å². The second-order valence-electron chi connectivity index (χ2n) is 1.23. The zero-order valence-electron chi connectivity index (χ0n) is 4.34. The van der Waals surface area contributed by atoms with Gasteiger partial charge in [-0.1, -0.05) is 0 Å². The first kappa shape index (κ1) is 9.50. The van der Waals surface area contributed by atoms with Gasteiger partial charge in [0.2, 0.25) is 0 Å². The highest BCUT2D eigenvalue weighted by molar-refractivity contribution is 5.71. The van der Waals surface area contributed by atoms with Crippen LogP contribution >= 0.6 is 0 Å².